The number of alkyl halides is 3. The molecule has 32 heavy (non-hydrogen) atoms. The van der Waals surface area contributed by atoms with Gasteiger partial charge in [0.2, 0.25) is 5.95 Å². The van der Waals surface area contributed by atoms with Crippen molar-refractivity contribution >= 4 is 29.2 Å². The Hall–Kier alpha value is -2.53. The van der Waals surface area contributed by atoms with Gasteiger partial charge in [0.25, 0.3) is 0 Å². The van der Waals surface area contributed by atoms with Gasteiger partial charge in [-0.15, -0.1) is 0 Å². The van der Waals surface area contributed by atoms with E-state index in [-0.39, 0.29) is 22.2 Å². The van der Waals surface area contributed by atoms with Crippen molar-refractivity contribution in [3.05, 3.63) is 36.4 Å². The van der Waals surface area contributed by atoms with Gasteiger partial charge in [-0.05, 0) is 37.2 Å². The molecule has 1 saturated carbocycles. The number of aromatic nitrogens is 4. The van der Waals surface area contributed by atoms with Gasteiger partial charge in [-0.3, -0.25) is 4.40 Å². The van der Waals surface area contributed by atoms with Crippen LogP contribution in [0.4, 0.5) is 24.9 Å². The molecule has 1 saturated heterocycles. The molecule has 0 amide bonds. The topological polar surface area (TPSA) is 98.4 Å². The maximum Gasteiger partial charge on any atom is 0.418 e. The second kappa shape index (κ2) is 7.80. The Morgan fingerprint density at radius 2 is 1.84 bits per heavy atom. The number of nitrogen functional groups attached to an aromatic ring is 1. The number of rotatable bonds is 3. The average molecular weight is 464 g/mol. The molecule has 2 aliphatic rings. The number of nitrogens with zero attached hydrogens (tertiary/aromatic N) is 5. The van der Waals surface area contributed by atoms with Crippen molar-refractivity contribution in [2.24, 2.45) is 11.1 Å². The summed E-state index contributed by atoms with van der Waals surface area (Å²) in [5.74, 6) is 0.769. The van der Waals surface area contributed by atoms with Crippen LogP contribution in [0.2, 0.25) is 0 Å². The van der Waals surface area contributed by atoms with Gasteiger partial charge < -0.3 is 16.4 Å². The number of nitrogens with two attached hydrogens (primary N) is 2. The van der Waals surface area contributed by atoms with Crippen LogP contribution in [0.1, 0.15) is 37.7 Å². The van der Waals surface area contributed by atoms with Crippen molar-refractivity contribution in [3.63, 3.8) is 0 Å². The van der Waals surface area contributed by atoms with Crippen LogP contribution in [-0.4, -0.2) is 38.5 Å². The van der Waals surface area contributed by atoms with E-state index in [0.717, 1.165) is 56.3 Å². The van der Waals surface area contributed by atoms with E-state index in [1.165, 1.54) is 18.9 Å². The van der Waals surface area contributed by atoms with Gasteiger partial charge in [0.1, 0.15) is 5.82 Å². The maximum atomic E-state index is 13.5. The number of hydrogen-bond donors (Lipinski definition) is 2. The molecule has 0 unspecified atom stereocenters. The molecule has 5 rings (SSSR count). The van der Waals surface area contributed by atoms with Crippen LogP contribution in [-0.2, 0) is 6.18 Å². The molecule has 3 aromatic rings. The van der Waals surface area contributed by atoms with Gasteiger partial charge in [0.05, 0.1) is 10.5 Å². The Morgan fingerprint density at radius 3 is 2.53 bits per heavy atom. The smallest absolute Gasteiger partial charge is 0.384 e. The summed E-state index contributed by atoms with van der Waals surface area (Å²) in [6.45, 7) is 1.69. The Balaban J connectivity index is 1.44. The highest BCUT2D eigenvalue weighted by Crippen LogP contribution is 2.46. The zero-order chi connectivity index (χ0) is 22.5. The first-order valence-corrected chi connectivity index (χ1v) is 11.4. The van der Waals surface area contributed by atoms with Crippen LogP contribution in [0.3, 0.4) is 0 Å². The molecular formula is C21H24F3N7S. The molecule has 4 heterocycles. The van der Waals surface area contributed by atoms with Crippen molar-refractivity contribution in [1.82, 2.24) is 19.4 Å². The van der Waals surface area contributed by atoms with E-state index in [2.05, 4.69) is 19.9 Å². The summed E-state index contributed by atoms with van der Waals surface area (Å²) in [7, 11) is 0. The SMILES string of the molecule is Nc1cc(Sc2cnc(N3CCC4(CCC[C@H]4N)CC3)n3ccnc23)c(C(F)(F)F)cn1. The van der Waals surface area contributed by atoms with Crippen molar-refractivity contribution in [2.75, 3.05) is 23.7 Å². The van der Waals surface area contributed by atoms with Gasteiger partial charge in [0, 0.05) is 48.8 Å². The molecule has 0 radical (unpaired) electrons. The van der Waals surface area contributed by atoms with E-state index in [9.17, 15) is 13.2 Å². The molecule has 0 aromatic carbocycles. The number of hydrogen-bond acceptors (Lipinski definition) is 7. The van der Waals surface area contributed by atoms with Crippen LogP contribution in [0.15, 0.2) is 40.6 Å². The minimum Gasteiger partial charge on any atom is -0.384 e. The number of fused-ring (bicyclic) bond motifs is 1. The molecule has 4 N–H and O–H groups in total. The molecule has 3 aromatic heterocycles. The first kappa shape index (κ1) is 21.3. The fourth-order valence-electron chi connectivity index (χ4n) is 5.00. The van der Waals surface area contributed by atoms with Crippen molar-refractivity contribution in [1.29, 1.82) is 0 Å². The van der Waals surface area contributed by atoms with Gasteiger partial charge in [-0.25, -0.2) is 15.0 Å². The molecule has 2 fully saturated rings. The van der Waals surface area contributed by atoms with Gasteiger partial charge in [-0.2, -0.15) is 13.2 Å². The van der Waals surface area contributed by atoms with Crippen molar-refractivity contribution < 1.29 is 13.2 Å². The summed E-state index contributed by atoms with van der Waals surface area (Å²) >= 11 is 0.939. The third kappa shape index (κ3) is 3.66. The highest BCUT2D eigenvalue weighted by Gasteiger charge is 2.43. The lowest BCUT2D eigenvalue weighted by Gasteiger charge is -2.42. The molecule has 1 aliphatic heterocycles. The van der Waals surface area contributed by atoms with E-state index in [4.69, 9.17) is 11.5 Å². The number of piperidine rings is 1. The van der Waals surface area contributed by atoms with E-state index < -0.39 is 11.7 Å². The molecule has 7 nitrogen and oxygen atoms in total. The lowest BCUT2D eigenvalue weighted by molar-refractivity contribution is -0.140. The van der Waals surface area contributed by atoms with Crippen molar-refractivity contribution in [3.8, 4) is 0 Å². The molecular weight excluding hydrogens is 439 g/mol. The van der Waals surface area contributed by atoms with Crippen LogP contribution in [0, 0.1) is 5.41 Å². The van der Waals surface area contributed by atoms with Crippen LogP contribution >= 0.6 is 11.8 Å². The lowest BCUT2D eigenvalue weighted by atomic mass is 9.74. The number of halogens is 3. The third-order valence-corrected chi connectivity index (χ3v) is 7.87. The van der Waals surface area contributed by atoms with Gasteiger partial charge >= 0.3 is 6.18 Å². The highest BCUT2D eigenvalue weighted by atomic mass is 32.2. The van der Waals surface area contributed by atoms with Crippen LogP contribution < -0.4 is 16.4 Å². The van der Waals surface area contributed by atoms with Gasteiger partial charge in [-0.1, -0.05) is 18.2 Å². The highest BCUT2D eigenvalue weighted by molar-refractivity contribution is 7.99. The first-order chi connectivity index (χ1) is 15.3. The Morgan fingerprint density at radius 1 is 1.06 bits per heavy atom. The van der Waals surface area contributed by atoms with Gasteiger partial charge in [0.15, 0.2) is 5.65 Å². The summed E-state index contributed by atoms with van der Waals surface area (Å²) in [6.07, 6.45) is 6.75. The molecule has 170 valence electrons. The minimum absolute atomic E-state index is 0.0248. The van der Waals surface area contributed by atoms with Crippen LogP contribution in [0.5, 0.6) is 0 Å². The van der Waals surface area contributed by atoms with E-state index in [0.29, 0.717) is 10.5 Å². The normalized spacial score (nSPS) is 21.0. The maximum absolute atomic E-state index is 13.5. The standard InChI is InChI=1S/C21H24F3N7S/c22-21(23,24)13-11-28-17(26)10-14(13)32-15-12-29-19(31-9-6-27-18(15)31)30-7-4-20(5-8-30)3-1-2-16(20)25/h6,9-12,16H,1-5,7-8,25H2,(H2,26,28)/t16-/m1/s1. The second-order valence-corrected chi connectivity index (χ2v) is 9.68. The number of imidazole rings is 1. The molecule has 11 heteroatoms. The predicted octanol–water partition coefficient (Wildman–Crippen LogP) is 3.97. The monoisotopic (exact) mass is 463 g/mol. The Labute approximate surface area is 187 Å². The summed E-state index contributed by atoms with van der Waals surface area (Å²) in [5, 5.41) is 0. The zero-order valence-electron chi connectivity index (χ0n) is 17.3. The number of pyridine rings is 1. The van der Waals surface area contributed by atoms with Crippen molar-refractivity contribution in [2.45, 2.75) is 54.1 Å². The first-order valence-electron chi connectivity index (χ1n) is 10.6. The summed E-state index contributed by atoms with van der Waals surface area (Å²) < 4.78 is 42.2. The molecule has 0 bridgehead atoms. The van der Waals surface area contributed by atoms with E-state index in [1.807, 2.05) is 4.40 Å². The summed E-state index contributed by atoms with van der Waals surface area (Å²) in [4.78, 5) is 15.3. The lowest BCUT2D eigenvalue weighted by Crippen LogP contribution is -2.47. The fourth-order valence-corrected chi connectivity index (χ4v) is 6.04. The Bertz CT molecular complexity index is 1140. The second-order valence-electron chi connectivity index (χ2n) is 8.60. The van der Waals surface area contributed by atoms with E-state index in [1.54, 1.807) is 18.6 Å². The summed E-state index contributed by atoms with van der Waals surface area (Å²) in [6, 6.07) is 1.50. The quantitative estimate of drug-likeness (QED) is 0.606. The zero-order valence-corrected chi connectivity index (χ0v) is 18.2. The van der Waals surface area contributed by atoms with E-state index >= 15 is 0 Å². The minimum atomic E-state index is -4.53. The summed E-state index contributed by atoms with van der Waals surface area (Å²) in [5.41, 5.74) is 12.0. The fraction of sp³-hybridized carbons (Fsp3) is 0.476. The number of anilines is 2. The largest absolute Gasteiger partial charge is 0.418 e. The molecule has 1 aliphatic carbocycles. The third-order valence-electron chi connectivity index (χ3n) is 6.80. The molecule has 1 atom stereocenters. The molecule has 1 spiro atoms. The Kier molecular flexibility index (Phi) is 5.20. The van der Waals surface area contributed by atoms with Crippen LogP contribution in [0.25, 0.3) is 5.65 Å². The average Bonchev–Trinajstić information content (AvgIpc) is 3.36. The predicted molar refractivity (Wildman–Crippen MR) is 116 cm³/mol.